The van der Waals surface area contributed by atoms with Crippen LogP contribution in [0.4, 0.5) is 20.8 Å². The number of pyridine rings is 2. The van der Waals surface area contributed by atoms with E-state index in [2.05, 4.69) is 30.4 Å². The molecule has 4 heterocycles. The molecule has 15 heteroatoms. The summed E-state index contributed by atoms with van der Waals surface area (Å²) in [6.07, 6.45) is -0.243. The van der Waals surface area contributed by atoms with Gasteiger partial charge in [-0.15, -0.1) is 5.10 Å². The first-order chi connectivity index (χ1) is 24.2. The fourth-order valence-electron chi connectivity index (χ4n) is 6.54. The number of hydrogen-bond donors (Lipinski definition) is 3. The lowest BCUT2D eigenvalue weighted by Gasteiger charge is -2.16. The molecular formula is C28H32FN9O5. The number of carbonyl (C=O) groups is 2. The highest BCUT2D eigenvalue weighted by Gasteiger charge is 2.67. The molecule has 3 aliphatic rings. The van der Waals surface area contributed by atoms with Crippen LogP contribution in [0, 0.1) is 11.8 Å². The van der Waals surface area contributed by atoms with Gasteiger partial charge in [-0.25, -0.2) is 28.6 Å². The van der Waals surface area contributed by atoms with E-state index >= 15 is 4.39 Å². The van der Waals surface area contributed by atoms with E-state index in [4.69, 9.17) is 22.8 Å². The third kappa shape index (κ3) is 4.19. The Balaban J connectivity index is 1.26. The molecule has 3 saturated carbocycles. The first-order valence-corrected chi connectivity index (χ1v) is 13.6. The van der Waals surface area contributed by atoms with Gasteiger partial charge >= 0.3 is 11.8 Å². The van der Waals surface area contributed by atoms with E-state index in [-0.39, 0.29) is 64.3 Å². The summed E-state index contributed by atoms with van der Waals surface area (Å²) in [6.45, 7) is -2.99. The van der Waals surface area contributed by atoms with Crippen molar-refractivity contribution in [3.63, 3.8) is 0 Å². The first-order valence-electron chi connectivity index (χ1n) is 18.1. The Bertz CT molecular complexity index is 2160. The van der Waals surface area contributed by atoms with E-state index in [9.17, 15) is 14.4 Å². The topological polar surface area (TPSA) is 173 Å². The minimum Gasteiger partial charge on any atom is -0.479 e. The van der Waals surface area contributed by atoms with Crippen LogP contribution in [0.5, 0.6) is 5.88 Å². The molecule has 0 aliphatic heterocycles. The number of aromatic nitrogens is 6. The Morgan fingerprint density at radius 1 is 1.21 bits per heavy atom. The second-order valence-corrected chi connectivity index (χ2v) is 11.3. The van der Waals surface area contributed by atoms with Crippen LogP contribution in [-0.4, -0.2) is 67.2 Å². The van der Waals surface area contributed by atoms with Crippen molar-refractivity contribution in [2.75, 3.05) is 19.4 Å². The number of aryl methyl sites for hydroxylation is 1. The second-order valence-electron chi connectivity index (χ2n) is 11.3. The Hall–Kier alpha value is -4.69. The number of anilines is 2. The number of nitrogens with two attached hydrogens (primary N) is 1. The lowest BCUT2D eigenvalue weighted by molar-refractivity contribution is -0.123. The number of carbonyl (C=O) groups excluding carboxylic acids is 2. The zero-order chi connectivity index (χ0) is 37.7. The summed E-state index contributed by atoms with van der Waals surface area (Å²) in [5.74, 6) is -0.627. The number of alkyl halides is 1. The van der Waals surface area contributed by atoms with Gasteiger partial charge in [-0.2, -0.15) is 0 Å². The van der Waals surface area contributed by atoms with Crippen molar-refractivity contribution in [3.8, 4) is 5.88 Å². The minimum atomic E-state index is -3.04. The molecule has 5 atom stereocenters. The minimum absolute atomic E-state index is 0.0191. The van der Waals surface area contributed by atoms with Gasteiger partial charge in [0.2, 0.25) is 11.8 Å². The van der Waals surface area contributed by atoms with Gasteiger partial charge in [-0.1, -0.05) is 0 Å². The Morgan fingerprint density at radius 3 is 2.81 bits per heavy atom. The van der Waals surface area contributed by atoms with Crippen LogP contribution in [-0.2, 0) is 22.0 Å². The van der Waals surface area contributed by atoms with Gasteiger partial charge in [0.25, 0.3) is 0 Å². The number of halogens is 1. The van der Waals surface area contributed by atoms with Gasteiger partial charge < -0.3 is 25.8 Å². The quantitative estimate of drug-likeness (QED) is 0.273. The van der Waals surface area contributed by atoms with Crippen LogP contribution in [0.15, 0.2) is 29.2 Å². The molecule has 4 aromatic heterocycles. The van der Waals surface area contributed by atoms with Gasteiger partial charge in [0.15, 0.2) is 5.65 Å². The molecular weight excluding hydrogens is 561 g/mol. The van der Waals surface area contributed by atoms with Gasteiger partial charge in [-0.05, 0) is 49.7 Å². The van der Waals surface area contributed by atoms with E-state index in [0.29, 0.717) is 11.0 Å². The average Bonchev–Trinajstić information content (AvgIpc) is 3.88. The number of imidazole rings is 1. The third-order valence-corrected chi connectivity index (χ3v) is 8.79. The normalized spacial score (nSPS) is 30.5. The molecule has 4 aromatic rings. The number of alkyl carbamates (subject to hydrolysis) is 1. The molecule has 0 aromatic carbocycles. The number of nitrogens with zero attached hydrogens (tertiary/aromatic N) is 6. The highest BCUT2D eigenvalue weighted by Crippen LogP contribution is 2.61. The molecule has 0 bridgehead atoms. The summed E-state index contributed by atoms with van der Waals surface area (Å²) in [4.78, 5) is 47.4. The summed E-state index contributed by atoms with van der Waals surface area (Å²) in [7, 11) is -5.90. The second kappa shape index (κ2) is 9.67. The maximum absolute atomic E-state index is 15.6. The third-order valence-electron chi connectivity index (χ3n) is 8.79. The first kappa shape index (κ1) is 18.8. The zero-order valence-electron chi connectivity index (χ0n) is 31.4. The zero-order valence-corrected chi connectivity index (χ0v) is 22.4. The number of primary amides is 1. The molecule has 3 fully saturated rings. The molecule has 7 rings (SSSR count). The van der Waals surface area contributed by atoms with E-state index in [1.165, 1.54) is 22.9 Å². The van der Waals surface area contributed by atoms with Crippen LogP contribution in [0.2, 0.25) is 0 Å². The van der Waals surface area contributed by atoms with Gasteiger partial charge in [0, 0.05) is 29.6 Å². The van der Waals surface area contributed by atoms with Crippen LogP contribution in [0.1, 0.15) is 50.5 Å². The molecule has 4 N–H and O–H groups in total. The molecule has 226 valence electrons. The number of ether oxygens (including phenoxy) is 2. The molecule has 14 nitrogen and oxygen atoms in total. The smallest absolute Gasteiger partial charge is 0.407 e. The van der Waals surface area contributed by atoms with E-state index < -0.39 is 62.5 Å². The SMILES string of the molecule is [2H]C([2H])([2H])OC(=O)NC1CC(F)C(n2c(=O)n(C([2H])([2H])[2H])c3cnc(Nc4ccc5c(OC([2H])([2H])[2H])nn(C6(C(N)=O)CC6C6CC6)c5n4)cc32)C1. The number of methoxy groups -OCH3 is 2. The monoisotopic (exact) mass is 602 g/mol. The maximum atomic E-state index is 15.6. The number of fused-ring (bicyclic) bond motifs is 2. The largest absolute Gasteiger partial charge is 0.479 e. The molecule has 43 heavy (non-hydrogen) atoms. The van der Waals surface area contributed by atoms with Crippen LogP contribution in [0.3, 0.4) is 0 Å². The van der Waals surface area contributed by atoms with Gasteiger partial charge in [0.05, 0.1) is 51.0 Å². The predicted molar refractivity (Wildman–Crippen MR) is 153 cm³/mol. The molecule has 0 spiro atoms. The van der Waals surface area contributed by atoms with Gasteiger partial charge in [-0.3, -0.25) is 13.9 Å². The van der Waals surface area contributed by atoms with Crippen LogP contribution < -0.4 is 26.8 Å². The van der Waals surface area contributed by atoms with Crippen molar-refractivity contribution in [2.45, 2.75) is 55.9 Å². The highest BCUT2D eigenvalue weighted by atomic mass is 19.1. The Kier molecular flexibility index (Phi) is 4.22. The number of rotatable bonds is 8. The summed E-state index contributed by atoms with van der Waals surface area (Å²) in [5.41, 5.74) is 3.52. The number of nitrogens with one attached hydrogen (secondary N) is 2. The molecule has 0 radical (unpaired) electrons. The van der Waals surface area contributed by atoms with Crippen molar-refractivity contribution in [3.05, 3.63) is 34.9 Å². The Labute approximate surface area is 257 Å². The van der Waals surface area contributed by atoms with Crippen molar-refractivity contribution < 1.29 is 35.8 Å². The van der Waals surface area contributed by atoms with Crippen LogP contribution >= 0.6 is 0 Å². The standard InChI is InChI=1S/C28H32FN9O5/c1-36-20-12-31-22(10-19(20)37(27(36)41)18-9-14(8-17(18)29)32-26(40)43-3)33-21-7-6-15-23(34-21)38(35-24(15)42-2)28(25(30)39)11-16(28)13-4-5-13/h6-7,10,12-14,16-18H,4-5,8-9,11H2,1-3H3,(H2,30,39)(H,32,40)(H,31,33,34)/i1D3,2D3,3D3. The highest BCUT2D eigenvalue weighted by molar-refractivity contribution is 5.91. The van der Waals surface area contributed by atoms with E-state index in [1.54, 1.807) is 0 Å². The summed E-state index contributed by atoms with van der Waals surface area (Å²) in [5, 5.41) is 9.78. The lowest BCUT2D eigenvalue weighted by atomic mass is 10.1. The van der Waals surface area contributed by atoms with Crippen molar-refractivity contribution >= 4 is 45.7 Å². The fraction of sp³-hybridized carbons (Fsp3) is 0.500. The number of amides is 2. The fourth-order valence-corrected chi connectivity index (χ4v) is 6.54. The maximum Gasteiger partial charge on any atom is 0.407 e. The number of hydrogen-bond acceptors (Lipinski definition) is 9. The molecule has 5 unspecified atom stereocenters. The van der Waals surface area contributed by atoms with Crippen molar-refractivity contribution in [1.82, 2.24) is 34.2 Å². The summed E-state index contributed by atoms with van der Waals surface area (Å²) >= 11 is 0. The van der Waals surface area contributed by atoms with Crippen molar-refractivity contribution in [2.24, 2.45) is 24.5 Å². The van der Waals surface area contributed by atoms with Crippen LogP contribution in [0.25, 0.3) is 22.1 Å². The molecule has 3 aliphatic carbocycles. The van der Waals surface area contributed by atoms with Gasteiger partial charge in [0.1, 0.15) is 23.3 Å². The molecule has 0 saturated heterocycles. The Morgan fingerprint density at radius 2 is 2.07 bits per heavy atom. The summed E-state index contributed by atoms with van der Waals surface area (Å²) in [6, 6.07) is 2.04. The summed E-state index contributed by atoms with van der Waals surface area (Å²) < 4.78 is 95.8. The predicted octanol–water partition coefficient (Wildman–Crippen LogP) is 2.24. The lowest BCUT2D eigenvalue weighted by Crippen LogP contribution is -2.37. The van der Waals surface area contributed by atoms with E-state index in [0.717, 1.165) is 23.6 Å². The van der Waals surface area contributed by atoms with Crippen molar-refractivity contribution in [1.29, 1.82) is 0 Å². The average molecular weight is 603 g/mol. The molecule has 2 amide bonds. The van der Waals surface area contributed by atoms with E-state index in [1.807, 2.05) is 0 Å².